The van der Waals surface area contributed by atoms with Crippen LogP contribution in [-0.2, 0) is 47.6 Å². The first kappa shape index (κ1) is 45.6. The lowest BCUT2D eigenvalue weighted by Crippen LogP contribution is -2.60. The largest absolute Gasteiger partial charge is 0.481 e. The molecule has 2 unspecified atom stereocenters. The summed E-state index contributed by atoms with van der Waals surface area (Å²) in [4.78, 5) is 44.5. The number of hydrogen-bond acceptors (Lipinski definition) is 16. The van der Waals surface area contributed by atoms with Gasteiger partial charge >= 0.3 is 23.9 Å². The van der Waals surface area contributed by atoms with E-state index in [2.05, 4.69) is 0 Å². The molecule has 0 aromatic heterocycles. The molecule has 20 heteroatoms. The smallest absolute Gasteiger partial charge is 0.317 e. The molecule has 20 nitrogen and oxygen atoms in total. The molecule has 0 saturated carbocycles. The predicted octanol–water partition coefficient (Wildman–Crippen LogP) is -1.86. The highest BCUT2D eigenvalue weighted by molar-refractivity contribution is 5.93. The lowest BCUT2D eigenvalue weighted by atomic mass is 9.99. The Hall–Kier alpha value is -2.60. The highest BCUT2D eigenvalue weighted by Crippen LogP contribution is 2.27. The molecule has 2 heterocycles. The van der Waals surface area contributed by atoms with Crippen LogP contribution in [0.2, 0.25) is 0 Å². The highest BCUT2D eigenvalue weighted by atomic mass is 16.7. The Labute approximate surface area is 299 Å². The fraction of sp³-hybridized carbons (Fsp3) is 0.875. The zero-order valence-electron chi connectivity index (χ0n) is 29.1. The number of carboxylic acid groups (broad SMARTS) is 4. The average molecular weight is 759 g/mol. The average Bonchev–Trinajstić information content (AvgIpc) is 3.07. The highest BCUT2D eigenvalue weighted by Gasteiger charge is 2.47. The van der Waals surface area contributed by atoms with Crippen molar-refractivity contribution in [2.75, 3.05) is 26.4 Å². The molecular formula is C32H54O20. The summed E-state index contributed by atoms with van der Waals surface area (Å²) in [5.74, 6) is -8.84. The van der Waals surface area contributed by atoms with Crippen LogP contribution in [0.3, 0.4) is 0 Å². The number of aliphatic carboxylic acids is 4. The van der Waals surface area contributed by atoms with Crippen LogP contribution in [0.4, 0.5) is 0 Å². The maximum atomic E-state index is 11.1. The number of aliphatic hydroxyl groups excluding tert-OH is 6. The van der Waals surface area contributed by atoms with Crippen LogP contribution in [0.5, 0.6) is 0 Å². The summed E-state index contributed by atoms with van der Waals surface area (Å²) in [6.45, 7) is 2.43. The van der Waals surface area contributed by atoms with Gasteiger partial charge in [0.15, 0.2) is 24.4 Å². The number of unbranched alkanes of at least 4 members (excludes halogenated alkanes) is 4. The van der Waals surface area contributed by atoms with Gasteiger partial charge in [-0.3, -0.25) is 19.2 Å². The fourth-order valence-corrected chi connectivity index (χ4v) is 5.63. The number of hydrogen-bond donors (Lipinski definition) is 10. The first-order chi connectivity index (χ1) is 24.5. The SMILES string of the molecule is C[C@@H]1O[C@@H](OC(COCCCCCC(C(=O)O)C(=O)O)C(COCCCCCC(C(=O)O)C(=O)O)O[C@@H]2O[C@@H](C)[C@@H](O)[C@@H](O)[C@@H]2O)[C@@H](O)[C@H](O)[C@@H]1O. The molecule has 2 rings (SSSR count). The van der Waals surface area contributed by atoms with E-state index in [-0.39, 0.29) is 52.1 Å². The molecule has 0 spiro atoms. The molecule has 0 amide bonds. The van der Waals surface area contributed by atoms with E-state index in [9.17, 15) is 49.8 Å². The second kappa shape index (κ2) is 22.6. The number of aliphatic hydroxyl groups is 6. The van der Waals surface area contributed by atoms with Crippen LogP contribution in [0, 0.1) is 11.8 Å². The van der Waals surface area contributed by atoms with Crippen molar-refractivity contribution >= 4 is 23.9 Å². The summed E-state index contributed by atoms with van der Waals surface area (Å²) < 4.78 is 34.8. The molecule has 2 saturated heterocycles. The van der Waals surface area contributed by atoms with Gasteiger partial charge in [0.05, 0.1) is 25.4 Å². The van der Waals surface area contributed by atoms with Crippen LogP contribution in [0.25, 0.3) is 0 Å². The molecule has 52 heavy (non-hydrogen) atoms. The molecule has 0 radical (unpaired) electrons. The van der Waals surface area contributed by atoms with Crippen LogP contribution in [0.1, 0.15) is 65.2 Å². The van der Waals surface area contributed by atoms with E-state index in [0.29, 0.717) is 25.7 Å². The van der Waals surface area contributed by atoms with Gasteiger partial charge in [-0.15, -0.1) is 0 Å². The Balaban J connectivity index is 2.16. The van der Waals surface area contributed by atoms with Crippen molar-refractivity contribution in [2.45, 2.75) is 139 Å². The van der Waals surface area contributed by atoms with E-state index in [1.165, 1.54) is 13.8 Å². The summed E-state index contributed by atoms with van der Waals surface area (Å²) in [7, 11) is 0. The summed E-state index contributed by atoms with van der Waals surface area (Å²) in [5, 5.41) is 98.6. The third-order valence-corrected chi connectivity index (χ3v) is 8.97. The standard InChI is InChI=1S/C32H54O20/c1-15-21(33)23(35)25(37)31(49-15)51-19(13-47-11-7-3-5-9-17(27(39)40)28(41)42)20(52-32-26(38)24(36)22(34)16(2)50-32)14-48-12-8-4-6-10-18(29(43)44)30(45)46/h15-26,31-38H,3-14H2,1-2H3,(H,39,40)(H,41,42)(H,43,44)(H,45,46)/t15-,16-,19?,20?,21+,22+,23+,24+,25-,26-,31-,32-/m0/s1. The molecule has 0 aliphatic carbocycles. The first-order valence-electron chi connectivity index (χ1n) is 17.2. The minimum Gasteiger partial charge on any atom is -0.481 e. The van der Waals surface area contributed by atoms with Gasteiger partial charge in [-0.1, -0.05) is 25.7 Å². The first-order valence-corrected chi connectivity index (χ1v) is 17.2. The van der Waals surface area contributed by atoms with Gasteiger partial charge in [-0.2, -0.15) is 0 Å². The Morgan fingerprint density at radius 1 is 0.500 bits per heavy atom. The molecule has 2 aliphatic rings. The quantitative estimate of drug-likeness (QED) is 0.0360. The topological polar surface area (TPSA) is 326 Å². The monoisotopic (exact) mass is 758 g/mol. The van der Waals surface area contributed by atoms with Crippen molar-refractivity contribution < 1.29 is 98.7 Å². The van der Waals surface area contributed by atoms with E-state index in [0.717, 1.165) is 0 Å². The maximum Gasteiger partial charge on any atom is 0.317 e. The van der Waals surface area contributed by atoms with Gasteiger partial charge in [-0.05, 0) is 39.5 Å². The molecule has 12 atom stereocenters. The van der Waals surface area contributed by atoms with Gasteiger partial charge < -0.3 is 79.5 Å². The maximum absolute atomic E-state index is 11.1. The summed E-state index contributed by atoms with van der Waals surface area (Å²) >= 11 is 0. The van der Waals surface area contributed by atoms with Crippen LogP contribution < -0.4 is 0 Å². The normalized spacial score (nSPS) is 30.7. The number of rotatable bonds is 25. The van der Waals surface area contributed by atoms with Crippen molar-refractivity contribution in [3.05, 3.63) is 0 Å². The van der Waals surface area contributed by atoms with Gasteiger partial charge in [0.2, 0.25) is 0 Å². The van der Waals surface area contributed by atoms with E-state index in [1.54, 1.807) is 0 Å². The van der Waals surface area contributed by atoms with Crippen LogP contribution in [-0.4, -0.2) is 175 Å². The second-order valence-electron chi connectivity index (χ2n) is 13.0. The Morgan fingerprint density at radius 2 is 0.827 bits per heavy atom. The molecule has 2 fully saturated rings. The predicted molar refractivity (Wildman–Crippen MR) is 171 cm³/mol. The molecule has 0 aromatic rings. The van der Waals surface area contributed by atoms with Crippen molar-refractivity contribution in [3.8, 4) is 0 Å². The van der Waals surface area contributed by atoms with Crippen molar-refractivity contribution in [1.82, 2.24) is 0 Å². The minimum absolute atomic E-state index is 0.0717. The van der Waals surface area contributed by atoms with E-state index >= 15 is 0 Å². The number of carbonyl (C=O) groups is 4. The van der Waals surface area contributed by atoms with E-state index in [1.807, 2.05) is 0 Å². The lowest BCUT2D eigenvalue weighted by Gasteiger charge is -2.43. The zero-order valence-corrected chi connectivity index (χ0v) is 29.1. The lowest BCUT2D eigenvalue weighted by molar-refractivity contribution is -0.340. The number of ether oxygens (including phenoxy) is 6. The van der Waals surface area contributed by atoms with Gasteiger partial charge in [0.25, 0.3) is 0 Å². The van der Waals surface area contributed by atoms with Gasteiger partial charge in [0, 0.05) is 13.2 Å². The summed E-state index contributed by atoms with van der Waals surface area (Å²) in [5.41, 5.74) is 0. The minimum atomic E-state index is -1.74. The zero-order chi connectivity index (χ0) is 39.1. The Kier molecular flexibility index (Phi) is 19.8. The van der Waals surface area contributed by atoms with Crippen molar-refractivity contribution in [1.29, 1.82) is 0 Å². The van der Waals surface area contributed by atoms with Crippen molar-refractivity contribution in [2.24, 2.45) is 11.8 Å². The molecule has 0 aromatic carbocycles. The molecule has 2 aliphatic heterocycles. The molecule has 0 bridgehead atoms. The Bertz CT molecular complexity index is 996. The molecule has 10 N–H and O–H groups in total. The summed E-state index contributed by atoms with van der Waals surface area (Å²) in [6.07, 6.45) is -15.2. The fourth-order valence-electron chi connectivity index (χ4n) is 5.63. The molecule has 302 valence electrons. The third-order valence-electron chi connectivity index (χ3n) is 8.97. The van der Waals surface area contributed by atoms with Crippen LogP contribution in [0.15, 0.2) is 0 Å². The van der Waals surface area contributed by atoms with Crippen LogP contribution >= 0.6 is 0 Å². The van der Waals surface area contributed by atoms with Gasteiger partial charge in [0.1, 0.15) is 48.8 Å². The third kappa shape index (κ3) is 14.0. The molecular weight excluding hydrogens is 704 g/mol. The Morgan fingerprint density at radius 3 is 1.13 bits per heavy atom. The summed E-state index contributed by atoms with van der Waals surface area (Å²) in [6, 6.07) is 0. The van der Waals surface area contributed by atoms with E-state index in [4.69, 9.17) is 48.8 Å². The number of carboxylic acids is 4. The van der Waals surface area contributed by atoms with E-state index < -0.39 is 109 Å². The van der Waals surface area contributed by atoms with Crippen molar-refractivity contribution in [3.63, 3.8) is 0 Å². The second-order valence-corrected chi connectivity index (χ2v) is 13.0. The van der Waals surface area contributed by atoms with Gasteiger partial charge in [-0.25, -0.2) is 0 Å².